The molecular weight excluding hydrogens is 208 g/mol. The van der Waals surface area contributed by atoms with Crippen molar-refractivity contribution in [3.05, 3.63) is 29.8 Å². The van der Waals surface area contributed by atoms with Crippen LogP contribution in [0.1, 0.15) is 18.9 Å². The zero-order valence-corrected chi connectivity index (χ0v) is 9.42. The topological polar surface area (TPSA) is 58.6 Å². The Labute approximate surface area is 93.4 Å². The molecule has 1 aliphatic rings. The van der Waals surface area contributed by atoms with Crippen LogP contribution in [0.5, 0.6) is 5.75 Å². The second-order valence-corrected chi connectivity index (χ2v) is 4.98. The summed E-state index contributed by atoms with van der Waals surface area (Å²) < 4.78 is 0. The SMILES string of the molecule is CC1(c2ccc(O)cc2)CCSC(N)=N1. The number of phenolic OH excluding ortho intramolecular Hbond substituents is 1. The molecule has 0 aliphatic carbocycles. The molecule has 3 nitrogen and oxygen atoms in total. The third kappa shape index (κ3) is 2.09. The van der Waals surface area contributed by atoms with Gasteiger partial charge in [0.25, 0.3) is 0 Å². The van der Waals surface area contributed by atoms with Crippen molar-refractivity contribution < 1.29 is 5.11 Å². The summed E-state index contributed by atoms with van der Waals surface area (Å²) in [4.78, 5) is 4.49. The van der Waals surface area contributed by atoms with Gasteiger partial charge in [-0.2, -0.15) is 0 Å². The first-order valence-electron chi connectivity index (χ1n) is 4.88. The summed E-state index contributed by atoms with van der Waals surface area (Å²) in [6.45, 7) is 2.08. The predicted octanol–water partition coefficient (Wildman–Crippen LogP) is 2.06. The minimum Gasteiger partial charge on any atom is -0.508 e. The first-order valence-corrected chi connectivity index (χ1v) is 5.86. The second kappa shape index (κ2) is 3.77. The number of nitrogens with two attached hydrogens (primary N) is 1. The molecule has 1 unspecified atom stereocenters. The van der Waals surface area contributed by atoms with Gasteiger partial charge < -0.3 is 10.8 Å². The predicted molar refractivity (Wildman–Crippen MR) is 64.2 cm³/mol. The standard InChI is InChI=1S/C11H14N2OS/c1-11(6-7-15-10(12)13-11)8-2-4-9(14)5-3-8/h2-5,14H,6-7H2,1H3,(H2,12,13). The Kier molecular flexibility index (Phi) is 2.61. The summed E-state index contributed by atoms with van der Waals surface area (Å²) in [6.07, 6.45) is 0.975. The molecule has 2 rings (SSSR count). The van der Waals surface area contributed by atoms with Gasteiger partial charge in [-0.25, -0.2) is 0 Å². The molecule has 4 heteroatoms. The molecule has 1 atom stereocenters. The third-order valence-corrected chi connectivity index (χ3v) is 3.48. The van der Waals surface area contributed by atoms with Gasteiger partial charge in [-0.15, -0.1) is 0 Å². The number of nitrogens with zero attached hydrogens (tertiary/aromatic N) is 1. The lowest BCUT2D eigenvalue weighted by Gasteiger charge is -2.29. The number of hydrogen-bond acceptors (Lipinski definition) is 4. The van der Waals surface area contributed by atoms with E-state index in [0.29, 0.717) is 5.17 Å². The van der Waals surface area contributed by atoms with E-state index >= 15 is 0 Å². The van der Waals surface area contributed by atoms with Crippen molar-refractivity contribution in [3.8, 4) is 5.75 Å². The summed E-state index contributed by atoms with van der Waals surface area (Å²) in [5.74, 6) is 1.27. The molecule has 1 aromatic rings. The number of rotatable bonds is 1. The maximum absolute atomic E-state index is 9.23. The summed E-state index contributed by atoms with van der Waals surface area (Å²) in [7, 11) is 0. The number of thioether (sulfide) groups is 1. The summed E-state index contributed by atoms with van der Waals surface area (Å²) in [5, 5.41) is 9.88. The lowest BCUT2D eigenvalue weighted by Crippen LogP contribution is -2.28. The molecule has 0 saturated heterocycles. The van der Waals surface area contributed by atoms with Crippen molar-refractivity contribution in [2.24, 2.45) is 10.7 Å². The lowest BCUT2D eigenvalue weighted by atomic mass is 9.90. The van der Waals surface area contributed by atoms with Gasteiger partial charge in [-0.05, 0) is 31.0 Å². The molecule has 3 N–H and O–H groups in total. The van der Waals surface area contributed by atoms with E-state index in [-0.39, 0.29) is 11.3 Å². The lowest BCUT2D eigenvalue weighted by molar-refractivity contribution is 0.466. The Morgan fingerprint density at radius 1 is 1.40 bits per heavy atom. The first-order chi connectivity index (χ1) is 7.10. The molecule has 0 spiro atoms. The smallest absolute Gasteiger partial charge is 0.154 e. The molecule has 1 heterocycles. The fourth-order valence-corrected chi connectivity index (χ4v) is 2.69. The van der Waals surface area contributed by atoms with Crippen molar-refractivity contribution in [1.82, 2.24) is 0 Å². The Morgan fingerprint density at radius 2 is 2.07 bits per heavy atom. The number of phenols is 1. The monoisotopic (exact) mass is 222 g/mol. The quantitative estimate of drug-likeness (QED) is 0.764. The van der Waals surface area contributed by atoms with Crippen LogP contribution in [0, 0.1) is 0 Å². The summed E-state index contributed by atoms with van der Waals surface area (Å²) >= 11 is 1.60. The maximum atomic E-state index is 9.23. The van der Waals surface area contributed by atoms with Crippen LogP contribution in [0.2, 0.25) is 0 Å². The Bertz CT molecular complexity index is 388. The van der Waals surface area contributed by atoms with Crippen LogP contribution >= 0.6 is 11.8 Å². The minimum absolute atomic E-state index is 0.233. The molecule has 1 aromatic carbocycles. The zero-order valence-electron chi connectivity index (χ0n) is 8.60. The van der Waals surface area contributed by atoms with Gasteiger partial charge in [0, 0.05) is 5.75 Å². The van der Waals surface area contributed by atoms with Crippen molar-refractivity contribution in [3.63, 3.8) is 0 Å². The normalized spacial score (nSPS) is 26.1. The molecule has 15 heavy (non-hydrogen) atoms. The fourth-order valence-electron chi connectivity index (χ4n) is 1.72. The van der Waals surface area contributed by atoms with E-state index < -0.39 is 0 Å². The van der Waals surface area contributed by atoms with Gasteiger partial charge in [0.1, 0.15) is 5.75 Å². The summed E-state index contributed by atoms with van der Waals surface area (Å²) in [5.41, 5.74) is 6.61. The van der Waals surface area contributed by atoms with Crippen LogP contribution in [0.25, 0.3) is 0 Å². The van der Waals surface area contributed by atoms with Crippen LogP contribution in [-0.4, -0.2) is 16.0 Å². The Morgan fingerprint density at radius 3 is 2.67 bits per heavy atom. The van der Waals surface area contributed by atoms with Crippen molar-refractivity contribution in [2.45, 2.75) is 18.9 Å². The van der Waals surface area contributed by atoms with Crippen LogP contribution in [0.3, 0.4) is 0 Å². The number of benzene rings is 1. The van der Waals surface area contributed by atoms with Gasteiger partial charge in [-0.3, -0.25) is 4.99 Å². The number of hydrogen-bond donors (Lipinski definition) is 2. The van der Waals surface area contributed by atoms with Gasteiger partial charge >= 0.3 is 0 Å². The van der Waals surface area contributed by atoms with Crippen LogP contribution < -0.4 is 5.73 Å². The van der Waals surface area contributed by atoms with Crippen molar-refractivity contribution in [1.29, 1.82) is 0 Å². The van der Waals surface area contributed by atoms with E-state index in [1.807, 2.05) is 12.1 Å². The van der Waals surface area contributed by atoms with Crippen molar-refractivity contribution >= 4 is 16.9 Å². The molecule has 0 aromatic heterocycles. The van der Waals surface area contributed by atoms with E-state index in [0.717, 1.165) is 17.7 Å². The van der Waals surface area contributed by atoms with Crippen LogP contribution in [0.4, 0.5) is 0 Å². The van der Waals surface area contributed by atoms with Crippen molar-refractivity contribution in [2.75, 3.05) is 5.75 Å². The molecule has 80 valence electrons. The highest BCUT2D eigenvalue weighted by molar-refractivity contribution is 8.13. The zero-order chi connectivity index (χ0) is 10.9. The largest absolute Gasteiger partial charge is 0.508 e. The average Bonchev–Trinajstić information content (AvgIpc) is 2.18. The van der Waals surface area contributed by atoms with Gasteiger partial charge in [0.05, 0.1) is 5.54 Å². The first kappa shape index (κ1) is 10.4. The average molecular weight is 222 g/mol. The minimum atomic E-state index is -0.233. The van der Waals surface area contributed by atoms with E-state index in [4.69, 9.17) is 5.73 Å². The highest BCUT2D eigenvalue weighted by atomic mass is 32.2. The number of aromatic hydroxyl groups is 1. The van der Waals surface area contributed by atoms with Gasteiger partial charge in [0.2, 0.25) is 0 Å². The number of aliphatic imine (C=N–C) groups is 1. The second-order valence-electron chi connectivity index (χ2n) is 3.87. The Balaban J connectivity index is 2.36. The molecule has 0 radical (unpaired) electrons. The molecule has 0 bridgehead atoms. The number of amidine groups is 1. The fraction of sp³-hybridized carbons (Fsp3) is 0.364. The molecule has 1 aliphatic heterocycles. The van der Waals surface area contributed by atoms with E-state index in [1.54, 1.807) is 23.9 Å². The summed E-state index contributed by atoms with van der Waals surface area (Å²) in [6, 6.07) is 7.19. The van der Waals surface area contributed by atoms with Gasteiger partial charge in [-0.1, -0.05) is 23.9 Å². The molecular formula is C11H14N2OS. The highest BCUT2D eigenvalue weighted by Gasteiger charge is 2.29. The highest BCUT2D eigenvalue weighted by Crippen LogP contribution is 2.35. The molecule has 0 fully saturated rings. The van der Waals surface area contributed by atoms with E-state index in [1.165, 1.54) is 0 Å². The van der Waals surface area contributed by atoms with Crippen LogP contribution in [0.15, 0.2) is 29.3 Å². The molecule has 0 amide bonds. The van der Waals surface area contributed by atoms with Gasteiger partial charge in [0.15, 0.2) is 5.17 Å². The van der Waals surface area contributed by atoms with Crippen LogP contribution in [-0.2, 0) is 5.54 Å². The van der Waals surface area contributed by atoms with E-state index in [2.05, 4.69) is 11.9 Å². The maximum Gasteiger partial charge on any atom is 0.154 e. The molecule has 0 saturated carbocycles. The Hall–Kier alpha value is -1.16. The van der Waals surface area contributed by atoms with E-state index in [9.17, 15) is 5.11 Å². The third-order valence-electron chi connectivity index (χ3n) is 2.68.